The molecule has 0 saturated carbocycles. The second kappa shape index (κ2) is 40.7. The van der Waals surface area contributed by atoms with Crippen LogP contribution in [0.3, 0.4) is 0 Å². The molecular formula is C46H87NO5. The van der Waals surface area contributed by atoms with E-state index < -0.39 is 36.9 Å². The third-order valence-corrected chi connectivity index (χ3v) is 10.3. The number of aliphatic hydroxyl groups excluding tert-OH is 4. The summed E-state index contributed by atoms with van der Waals surface area (Å²) in [5.74, 6) is -0.601. The number of nitrogens with one attached hydrogen (secondary N) is 1. The van der Waals surface area contributed by atoms with Crippen LogP contribution in [-0.4, -0.2) is 57.3 Å². The summed E-state index contributed by atoms with van der Waals surface area (Å²) in [6, 6.07) is -1.01. The molecule has 0 aromatic heterocycles. The van der Waals surface area contributed by atoms with Crippen molar-refractivity contribution in [2.24, 2.45) is 0 Å². The molecule has 0 aliphatic heterocycles. The van der Waals surface area contributed by atoms with Crippen LogP contribution in [-0.2, 0) is 4.79 Å². The van der Waals surface area contributed by atoms with E-state index in [9.17, 15) is 25.2 Å². The van der Waals surface area contributed by atoms with Crippen molar-refractivity contribution in [1.29, 1.82) is 0 Å². The lowest BCUT2D eigenvalue weighted by atomic mass is 10.00. The summed E-state index contributed by atoms with van der Waals surface area (Å²) in [4.78, 5) is 12.5. The highest BCUT2D eigenvalue weighted by Crippen LogP contribution is 2.15. The summed E-state index contributed by atoms with van der Waals surface area (Å²) in [6.45, 7) is 4.00. The molecule has 6 nitrogen and oxygen atoms in total. The van der Waals surface area contributed by atoms with Crippen molar-refractivity contribution in [1.82, 2.24) is 5.32 Å². The smallest absolute Gasteiger partial charge is 0.249 e. The van der Waals surface area contributed by atoms with Crippen LogP contribution >= 0.6 is 0 Å². The van der Waals surface area contributed by atoms with Gasteiger partial charge >= 0.3 is 0 Å². The summed E-state index contributed by atoms with van der Waals surface area (Å²) in [7, 11) is 0. The molecule has 0 aliphatic rings. The van der Waals surface area contributed by atoms with Gasteiger partial charge in [0, 0.05) is 0 Å². The third kappa shape index (κ3) is 34.3. The fourth-order valence-corrected chi connectivity index (χ4v) is 6.71. The highest BCUT2D eigenvalue weighted by Gasteiger charge is 2.28. The second-order valence-electron chi connectivity index (χ2n) is 15.4. The van der Waals surface area contributed by atoms with Crippen molar-refractivity contribution in [3.8, 4) is 0 Å². The van der Waals surface area contributed by atoms with Crippen molar-refractivity contribution in [2.75, 3.05) is 6.61 Å². The average Bonchev–Trinajstić information content (AvgIpc) is 3.15. The molecule has 1 amide bonds. The van der Waals surface area contributed by atoms with Crippen LogP contribution in [0.1, 0.15) is 219 Å². The van der Waals surface area contributed by atoms with E-state index in [0.29, 0.717) is 19.3 Å². The number of hydrogen-bond donors (Lipinski definition) is 5. The minimum atomic E-state index is -1.29. The number of aliphatic hydroxyl groups is 4. The molecule has 6 heteroatoms. The third-order valence-electron chi connectivity index (χ3n) is 10.3. The zero-order valence-electron chi connectivity index (χ0n) is 34.3. The van der Waals surface area contributed by atoms with Crippen LogP contribution in [0.5, 0.6) is 0 Å². The van der Waals surface area contributed by atoms with Crippen molar-refractivity contribution < 1.29 is 25.2 Å². The Balaban J connectivity index is 3.72. The van der Waals surface area contributed by atoms with Crippen molar-refractivity contribution in [2.45, 2.75) is 244 Å². The Morgan fingerprint density at radius 3 is 1.25 bits per heavy atom. The maximum atomic E-state index is 12.5. The SMILES string of the molecule is CCCCC/C=C/CC/C=C/CCCC(O)C(O)C(CO)NC(=O)C(O)CCCCCCCCCC/C=C\CCCCCCCCCCCCCC. The summed E-state index contributed by atoms with van der Waals surface area (Å²) in [5, 5.41) is 43.5. The van der Waals surface area contributed by atoms with E-state index in [1.165, 1.54) is 141 Å². The number of rotatable bonds is 40. The molecule has 0 aromatic rings. The fraction of sp³-hybridized carbons (Fsp3) is 0.848. The van der Waals surface area contributed by atoms with Crippen LogP contribution in [0.15, 0.2) is 36.5 Å². The highest BCUT2D eigenvalue weighted by molar-refractivity contribution is 5.80. The standard InChI is InChI=1S/C46H87NO5/c1-3-5-7-9-11-13-15-17-18-19-20-21-22-23-24-25-26-27-28-30-32-34-36-38-40-44(50)46(52)47-42(41-48)45(51)43(49)39-37-35-33-31-29-16-14-12-10-8-6-4-2/h12,14,23-24,31,33,42-45,48-51H,3-11,13,15-22,25-30,32,34-41H2,1-2H3,(H,47,52)/b14-12+,24-23-,33-31+. The molecule has 0 radical (unpaired) electrons. The Labute approximate surface area is 322 Å². The van der Waals surface area contributed by atoms with Gasteiger partial charge in [0.05, 0.1) is 18.8 Å². The van der Waals surface area contributed by atoms with Gasteiger partial charge in [0.15, 0.2) is 0 Å². The molecule has 4 atom stereocenters. The van der Waals surface area contributed by atoms with Gasteiger partial charge in [-0.25, -0.2) is 0 Å². The number of unbranched alkanes of at least 4 members (excludes halogenated alkanes) is 25. The van der Waals surface area contributed by atoms with E-state index in [-0.39, 0.29) is 0 Å². The second-order valence-corrected chi connectivity index (χ2v) is 15.4. The first kappa shape index (κ1) is 50.5. The molecule has 0 fully saturated rings. The van der Waals surface area contributed by atoms with E-state index >= 15 is 0 Å². The quantitative estimate of drug-likeness (QED) is 0.0318. The highest BCUT2D eigenvalue weighted by atomic mass is 16.3. The minimum absolute atomic E-state index is 0.356. The van der Waals surface area contributed by atoms with E-state index in [2.05, 4.69) is 55.6 Å². The Kier molecular flexibility index (Phi) is 39.6. The van der Waals surface area contributed by atoms with Gasteiger partial charge in [-0.15, -0.1) is 0 Å². The first-order valence-corrected chi connectivity index (χ1v) is 22.4. The monoisotopic (exact) mass is 734 g/mol. The molecule has 4 unspecified atom stereocenters. The molecule has 0 aliphatic carbocycles. The van der Waals surface area contributed by atoms with E-state index in [0.717, 1.165) is 44.9 Å². The van der Waals surface area contributed by atoms with Crippen LogP contribution < -0.4 is 5.32 Å². The molecule has 0 saturated heterocycles. The first-order chi connectivity index (χ1) is 25.5. The Bertz CT molecular complexity index is 828. The van der Waals surface area contributed by atoms with Gasteiger partial charge < -0.3 is 25.7 Å². The predicted octanol–water partition coefficient (Wildman–Crippen LogP) is 11.7. The van der Waals surface area contributed by atoms with Crippen LogP contribution in [0.2, 0.25) is 0 Å². The van der Waals surface area contributed by atoms with E-state index in [1.807, 2.05) is 0 Å². The largest absolute Gasteiger partial charge is 0.394 e. The molecule has 0 heterocycles. The van der Waals surface area contributed by atoms with Gasteiger partial charge in [0.2, 0.25) is 5.91 Å². The summed E-state index contributed by atoms with van der Waals surface area (Å²) in [5.41, 5.74) is 0. The number of amides is 1. The number of carbonyl (C=O) groups is 1. The Morgan fingerprint density at radius 2 is 0.808 bits per heavy atom. The van der Waals surface area contributed by atoms with Gasteiger partial charge in [-0.3, -0.25) is 4.79 Å². The fourth-order valence-electron chi connectivity index (χ4n) is 6.71. The molecule has 306 valence electrons. The Hall–Kier alpha value is -1.47. The maximum Gasteiger partial charge on any atom is 0.249 e. The summed E-state index contributed by atoms with van der Waals surface area (Å²) >= 11 is 0. The lowest BCUT2D eigenvalue weighted by Crippen LogP contribution is -2.53. The summed E-state index contributed by atoms with van der Waals surface area (Å²) < 4.78 is 0. The van der Waals surface area contributed by atoms with Crippen LogP contribution in [0.4, 0.5) is 0 Å². The topological polar surface area (TPSA) is 110 Å². The average molecular weight is 734 g/mol. The number of carbonyl (C=O) groups excluding carboxylic acids is 1. The van der Waals surface area contributed by atoms with Crippen molar-refractivity contribution in [3.63, 3.8) is 0 Å². The first-order valence-electron chi connectivity index (χ1n) is 22.4. The Morgan fingerprint density at radius 1 is 0.462 bits per heavy atom. The summed E-state index contributed by atoms with van der Waals surface area (Å²) in [6.07, 6.45) is 47.6. The molecule has 0 rings (SSSR count). The van der Waals surface area contributed by atoms with Gasteiger partial charge in [-0.05, 0) is 77.0 Å². The molecule has 52 heavy (non-hydrogen) atoms. The number of hydrogen-bond acceptors (Lipinski definition) is 5. The van der Waals surface area contributed by atoms with Crippen LogP contribution in [0, 0.1) is 0 Å². The molecule has 5 N–H and O–H groups in total. The molecular weight excluding hydrogens is 647 g/mol. The van der Waals surface area contributed by atoms with Gasteiger partial charge in [-0.1, -0.05) is 179 Å². The lowest BCUT2D eigenvalue weighted by molar-refractivity contribution is -0.132. The number of allylic oxidation sites excluding steroid dienone is 6. The van der Waals surface area contributed by atoms with E-state index in [1.54, 1.807) is 0 Å². The van der Waals surface area contributed by atoms with E-state index in [4.69, 9.17) is 0 Å². The maximum absolute atomic E-state index is 12.5. The van der Waals surface area contributed by atoms with Crippen LogP contribution in [0.25, 0.3) is 0 Å². The van der Waals surface area contributed by atoms with Crippen molar-refractivity contribution in [3.05, 3.63) is 36.5 Å². The zero-order valence-corrected chi connectivity index (χ0v) is 34.3. The van der Waals surface area contributed by atoms with Crippen molar-refractivity contribution >= 4 is 5.91 Å². The van der Waals surface area contributed by atoms with Gasteiger partial charge in [0.25, 0.3) is 0 Å². The van der Waals surface area contributed by atoms with Gasteiger partial charge in [0.1, 0.15) is 12.2 Å². The zero-order chi connectivity index (χ0) is 38.2. The molecule has 0 spiro atoms. The molecule has 0 aromatic carbocycles. The lowest BCUT2D eigenvalue weighted by Gasteiger charge is -2.27. The molecule has 0 bridgehead atoms. The predicted molar refractivity (Wildman–Crippen MR) is 224 cm³/mol. The normalized spacial score (nSPS) is 14.5. The van der Waals surface area contributed by atoms with Gasteiger partial charge in [-0.2, -0.15) is 0 Å². The minimum Gasteiger partial charge on any atom is -0.394 e.